The summed E-state index contributed by atoms with van der Waals surface area (Å²) in [6, 6.07) is 6.02. The number of hydrogen-bond acceptors (Lipinski definition) is 3. The van der Waals surface area contributed by atoms with Gasteiger partial charge in [0.15, 0.2) is 0 Å². The Morgan fingerprint density at radius 3 is 2.47 bits per heavy atom. The fourth-order valence-electron chi connectivity index (χ4n) is 1.10. The van der Waals surface area contributed by atoms with Crippen molar-refractivity contribution in [2.45, 2.75) is 6.42 Å². The average Bonchev–Trinajstić information content (AvgIpc) is 2.18. The summed E-state index contributed by atoms with van der Waals surface area (Å²) in [6.45, 7) is 0.299. The van der Waals surface area contributed by atoms with Crippen LogP contribution >= 0.6 is 0 Å². The molecular weight excluding hydrogens is 200 g/mol. The molecule has 80 valence electrons. The minimum absolute atomic E-state index is 0.0324. The average molecular weight is 210 g/mol. The zero-order chi connectivity index (χ0) is 11.3. The SMILES string of the molecule is O=C(O)NCCc1ccc([N+](=O)[O-])cc1. The highest BCUT2D eigenvalue weighted by atomic mass is 16.6. The van der Waals surface area contributed by atoms with Crippen LogP contribution in [0.25, 0.3) is 0 Å². The summed E-state index contributed by atoms with van der Waals surface area (Å²) < 4.78 is 0. The van der Waals surface area contributed by atoms with E-state index < -0.39 is 11.0 Å². The number of hydrogen-bond donors (Lipinski definition) is 2. The molecule has 0 aromatic heterocycles. The lowest BCUT2D eigenvalue weighted by Gasteiger charge is -2.00. The van der Waals surface area contributed by atoms with E-state index in [4.69, 9.17) is 5.11 Å². The van der Waals surface area contributed by atoms with Crippen molar-refractivity contribution in [2.24, 2.45) is 0 Å². The predicted octanol–water partition coefficient (Wildman–Crippen LogP) is 1.40. The maximum absolute atomic E-state index is 10.3. The number of nitro benzene ring substituents is 1. The van der Waals surface area contributed by atoms with Crippen LogP contribution in [0.5, 0.6) is 0 Å². The highest BCUT2D eigenvalue weighted by Crippen LogP contribution is 2.11. The van der Waals surface area contributed by atoms with Crippen LogP contribution in [0, 0.1) is 10.1 Å². The third-order valence-corrected chi connectivity index (χ3v) is 1.84. The quantitative estimate of drug-likeness (QED) is 0.580. The summed E-state index contributed by atoms with van der Waals surface area (Å²) >= 11 is 0. The second-order valence-electron chi connectivity index (χ2n) is 2.91. The van der Waals surface area contributed by atoms with Crippen LogP contribution in [0.3, 0.4) is 0 Å². The number of non-ortho nitro benzene ring substituents is 1. The largest absolute Gasteiger partial charge is 0.465 e. The number of carbonyl (C=O) groups is 1. The molecule has 1 amide bonds. The third-order valence-electron chi connectivity index (χ3n) is 1.84. The molecule has 1 aromatic rings. The van der Waals surface area contributed by atoms with Crippen molar-refractivity contribution in [1.29, 1.82) is 0 Å². The maximum atomic E-state index is 10.3. The van der Waals surface area contributed by atoms with Crippen molar-refractivity contribution in [3.8, 4) is 0 Å². The van der Waals surface area contributed by atoms with Gasteiger partial charge in [-0.25, -0.2) is 4.79 Å². The standard InChI is InChI=1S/C9H10N2O4/c12-9(13)10-6-5-7-1-3-8(4-2-7)11(14)15/h1-4,10H,5-6H2,(H,12,13). The van der Waals surface area contributed by atoms with E-state index in [9.17, 15) is 14.9 Å². The van der Waals surface area contributed by atoms with E-state index in [1.807, 2.05) is 0 Å². The third kappa shape index (κ3) is 3.63. The number of benzene rings is 1. The first-order valence-electron chi connectivity index (χ1n) is 4.29. The molecule has 0 radical (unpaired) electrons. The van der Waals surface area contributed by atoms with Gasteiger partial charge in [-0.15, -0.1) is 0 Å². The molecular formula is C9H10N2O4. The topological polar surface area (TPSA) is 92.5 Å². The van der Waals surface area contributed by atoms with Crippen LogP contribution in [0.2, 0.25) is 0 Å². The van der Waals surface area contributed by atoms with Gasteiger partial charge in [-0.1, -0.05) is 12.1 Å². The van der Waals surface area contributed by atoms with Gasteiger partial charge in [0.25, 0.3) is 5.69 Å². The Labute approximate surface area is 85.7 Å². The second kappa shape index (κ2) is 4.94. The van der Waals surface area contributed by atoms with E-state index in [1.54, 1.807) is 12.1 Å². The number of amides is 1. The second-order valence-corrected chi connectivity index (χ2v) is 2.91. The Morgan fingerprint density at radius 2 is 2.00 bits per heavy atom. The van der Waals surface area contributed by atoms with Gasteiger partial charge in [0.05, 0.1) is 4.92 Å². The van der Waals surface area contributed by atoms with E-state index in [-0.39, 0.29) is 5.69 Å². The molecule has 15 heavy (non-hydrogen) atoms. The highest BCUT2D eigenvalue weighted by Gasteiger charge is 2.03. The molecule has 0 saturated heterocycles. The Kier molecular flexibility index (Phi) is 3.61. The van der Waals surface area contributed by atoms with Gasteiger partial charge in [0, 0.05) is 18.7 Å². The summed E-state index contributed by atoms with van der Waals surface area (Å²) in [5, 5.41) is 20.9. The van der Waals surface area contributed by atoms with E-state index in [1.165, 1.54) is 12.1 Å². The van der Waals surface area contributed by atoms with E-state index in [0.29, 0.717) is 13.0 Å². The van der Waals surface area contributed by atoms with Gasteiger partial charge < -0.3 is 10.4 Å². The van der Waals surface area contributed by atoms with Crippen molar-refractivity contribution < 1.29 is 14.8 Å². The van der Waals surface area contributed by atoms with Crippen LogP contribution in [0.4, 0.5) is 10.5 Å². The fourth-order valence-corrected chi connectivity index (χ4v) is 1.10. The number of nitrogens with zero attached hydrogens (tertiary/aromatic N) is 1. The highest BCUT2D eigenvalue weighted by molar-refractivity contribution is 5.64. The van der Waals surface area contributed by atoms with Crippen LogP contribution in [0.1, 0.15) is 5.56 Å². The van der Waals surface area contributed by atoms with E-state index >= 15 is 0 Å². The molecule has 0 fully saturated rings. The van der Waals surface area contributed by atoms with Crippen LogP contribution in [-0.4, -0.2) is 22.7 Å². The van der Waals surface area contributed by atoms with Crippen molar-refractivity contribution in [3.05, 3.63) is 39.9 Å². The minimum Gasteiger partial charge on any atom is -0.465 e. The Bertz CT molecular complexity index is 361. The van der Waals surface area contributed by atoms with Gasteiger partial charge in [0.1, 0.15) is 0 Å². The molecule has 0 heterocycles. The molecule has 0 aliphatic heterocycles. The summed E-state index contributed by atoms with van der Waals surface area (Å²) in [4.78, 5) is 20.0. The maximum Gasteiger partial charge on any atom is 0.404 e. The molecule has 0 spiro atoms. The molecule has 0 saturated carbocycles. The van der Waals surface area contributed by atoms with Crippen molar-refractivity contribution in [3.63, 3.8) is 0 Å². The lowest BCUT2D eigenvalue weighted by molar-refractivity contribution is -0.384. The first kappa shape index (κ1) is 11.0. The first-order chi connectivity index (χ1) is 7.09. The van der Waals surface area contributed by atoms with E-state index in [0.717, 1.165) is 5.56 Å². The molecule has 6 nitrogen and oxygen atoms in total. The molecule has 0 bridgehead atoms. The van der Waals surface area contributed by atoms with Crippen LogP contribution in [-0.2, 0) is 6.42 Å². The first-order valence-corrected chi connectivity index (χ1v) is 4.29. The van der Waals surface area contributed by atoms with Gasteiger partial charge in [-0.2, -0.15) is 0 Å². The number of nitro groups is 1. The lowest BCUT2D eigenvalue weighted by Crippen LogP contribution is -2.23. The molecule has 1 rings (SSSR count). The van der Waals surface area contributed by atoms with Gasteiger partial charge >= 0.3 is 6.09 Å². The zero-order valence-corrected chi connectivity index (χ0v) is 7.84. The Hall–Kier alpha value is -2.11. The van der Waals surface area contributed by atoms with Gasteiger partial charge in [-0.3, -0.25) is 10.1 Å². The van der Waals surface area contributed by atoms with Crippen molar-refractivity contribution in [1.82, 2.24) is 5.32 Å². The number of carboxylic acid groups (broad SMARTS) is 1. The number of nitrogens with one attached hydrogen (secondary N) is 1. The predicted molar refractivity (Wildman–Crippen MR) is 52.8 cm³/mol. The molecule has 2 N–H and O–H groups in total. The minimum atomic E-state index is -1.07. The van der Waals surface area contributed by atoms with Crippen molar-refractivity contribution >= 4 is 11.8 Å². The molecule has 0 aliphatic carbocycles. The smallest absolute Gasteiger partial charge is 0.404 e. The molecule has 0 atom stereocenters. The van der Waals surface area contributed by atoms with E-state index in [2.05, 4.69) is 5.32 Å². The molecule has 0 unspecified atom stereocenters. The number of rotatable bonds is 4. The molecule has 1 aromatic carbocycles. The summed E-state index contributed by atoms with van der Waals surface area (Å²) in [7, 11) is 0. The molecule has 0 aliphatic rings. The summed E-state index contributed by atoms with van der Waals surface area (Å²) in [5.41, 5.74) is 0.888. The van der Waals surface area contributed by atoms with Crippen molar-refractivity contribution in [2.75, 3.05) is 6.54 Å². The fraction of sp³-hybridized carbons (Fsp3) is 0.222. The van der Waals surface area contributed by atoms with Gasteiger partial charge in [0.2, 0.25) is 0 Å². The summed E-state index contributed by atoms with van der Waals surface area (Å²) in [5.74, 6) is 0. The van der Waals surface area contributed by atoms with Gasteiger partial charge in [-0.05, 0) is 12.0 Å². The Morgan fingerprint density at radius 1 is 1.40 bits per heavy atom. The normalized spacial score (nSPS) is 9.60. The monoisotopic (exact) mass is 210 g/mol. The Balaban J connectivity index is 2.50. The molecule has 6 heteroatoms. The van der Waals surface area contributed by atoms with Crippen LogP contribution in [0.15, 0.2) is 24.3 Å². The zero-order valence-electron chi connectivity index (χ0n) is 7.84. The summed E-state index contributed by atoms with van der Waals surface area (Å²) in [6.07, 6.45) is -0.554. The van der Waals surface area contributed by atoms with Crippen LogP contribution < -0.4 is 5.32 Å². The lowest BCUT2D eigenvalue weighted by atomic mass is 10.1.